The topological polar surface area (TPSA) is 49.4 Å². The van der Waals surface area contributed by atoms with Crippen molar-refractivity contribution < 1.29 is 9.59 Å². The molecule has 0 unspecified atom stereocenters. The molecule has 0 radical (unpaired) electrons. The maximum absolute atomic E-state index is 13.8. The number of hydrogen-bond donors (Lipinski definition) is 1. The molecule has 2 amide bonds. The number of benzene rings is 3. The number of nitrogens with one attached hydrogen (secondary N) is 1. The van der Waals surface area contributed by atoms with Crippen LogP contribution in [-0.2, 0) is 29.0 Å². The minimum absolute atomic E-state index is 0.0224. The van der Waals surface area contributed by atoms with Crippen LogP contribution in [0, 0.1) is 0 Å². The Morgan fingerprint density at radius 3 is 2.14 bits per heavy atom. The summed E-state index contributed by atoms with van der Waals surface area (Å²) in [5.41, 5.74) is 1.87. The first-order chi connectivity index (χ1) is 16.5. The molecule has 0 heterocycles. The van der Waals surface area contributed by atoms with Crippen molar-refractivity contribution in [1.29, 1.82) is 0 Å². The van der Waals surface area contributed by atoms with Gasteiger partial charge in [0.05, 0.1) is 6.42 Å². The lowest BCUT2D eigenvalue weighted by molar-refractivity contribution is -0.141. The maximum Gasteiger partial charge on any atom is 0.243 e. The summed E-state index contributed by atoms with van der Waals surface area (Å²) in [6, 6.07) is 21.3. The van der Waals surface area contributed by atoms with Crippen LogP contribution in [0.3, 0.4) is 0 Å². The van der Waals surface area contributed by atoms with E-state index in [-0.39, 0.29) is 24.8 Å². The van der Waals surface area contributed by atoms with Gasteiger partial charge in [0.1, 0.15) is 6.04 Å². The molecule has 0 saturated heterocycles. The van der Waals surface area contributed by atoms with E-state index in [4.69, 9.17) is 34.8 Å². The Hall–Kier alpha value is -2.53. The second-order valence-corrected chi connectivity index (χ2v) is 10.7. The molecule has 0 aliphatic carbocycles. The third-order valence-corrected chi connectivity index (χ3v) is 6.38. The van der Waals surface area contributed by atoms with E-state index in [1.807, 2.05) is 69.3 Å². The van der Waals surface area contributed by atoms with Crippen molar-refractivity contribution in [3.05, 3.63) is 105 Å². The van der Waals surface area contributed by atoms with Gasteiger partial charge in [-0.15, -0.1) is 0 Å². The lowest BCUT2D eigenvalue weighted by Crippen LogP contribution is -2.54. The predicted molar refractivity (Wildman–Crippen MR) is 144 cm³/mol. The Balaban J connectivity index is 2.02. The molecule has 4 nitrogen and oxygen atoms in total. The van der Waals surface area contributed by atoms with E-state index in [1.165, 1.54) is 0 Å². The van der Waals surface area contributed by atoms with E-state index < -0.39 is 11.6 Å². The van der Waals surface area contributed by atoms with Crippen LogP contribution < -0.4 is 5.32 Å². The lowest BCUT2D eigenvalue weighted by Gasteiger charge is -2.34. The average molecular weight is 532 g/mol. The molecular formula is C28H29Cl3N2O2. The van der Waals surface area contributed by atoms with E-state index in [9.17, 15) is 9.59 Å². The summed E-state index contributed by atoms with van der Waals surface area (Å²) in [7, 11) is 0. The monoisotopic (exact) mass is 530 g/mol. The van der Waals surface area contributed by atoms with Crippen molar-refractivity contribution in [2.75, 3.05) is 0 Å². The summed E-state index contributed by atoms with van der Waals surface area (Å²) in [5.74, 6) is -0.469. The van der Waals surface area contributed by atoms with Gasteiger partial charge in [-0.25, -0.2) is 0 Å². The zero-order chi connectivity index (χ0) is 25.6. The molecule has 3 aromatic carbocycles. The van der Waals surface area contributed by atoms with Gasteiger partial charge in [0.2, 0.25) is 11.8 Å². The minimum Gasteiger partial charge on any atom is -0.350 e. The highest BCUT2D eigenvalue weighted by Crippen LogP contribution is 2.25. The Morgan fingerprint density at radius 2 is 1.51 bits per heavy atom. The summed E-state index contributed by atoms with van der Waals surface area (Å²) in [4.78, 5) is 28.9. The molecule has 0 aliphatic rings. The van der Waals surface area contributed by atoms with Crippen LogP contribution >= 0.6 is 34.8 Å². The molecule has 35 heavy (non-hydrogen) atoms. The molecule has 1 N–H and O–H groups in total. The van der Waals surface area contributed by atoms with E-state index in [1.54, 1.807) is 29.2 Å². The summed E-state index contributed by atoms with van der Waals surface area (Å²) in [5, 5.41) is 4.48. The quantitative estimate of drug-likeness (QED) is 0.350. The van der Waals surface area contributed by atoms with Crippen LogP contribution in [0.5, 0.6) is 0 Å². The zero-order valence-corrected chi connectivity index (χ0v) is 22.3. The molecule has 7 heteroatoms. The second-order valence-electron chi connectivity index (χ2n) is 9.47. The molecule has 0 saturated carbocycles. The van der Waals surface area contributed by atoms with Gasteiger partial charge in [-0.05, 0) is 55.7 Å². The molecule has 184 valence electrons. The van der Waals surface area contributed by atoms with E-state index in [2.05, 4.69) is 5.32 Å². The van der Waals surface area contributed by atoms with Crippen molar-refractivity contribution in [3.8, 4) is 0 Å². The van der Waals surface area contributed by atoms with Crippen LogP contribution in [0.25, 0.3) is 0 Å². The molecule has 0 bridgehead atoms. The van der Waals surface area contributed by atoms with Crippen LogP contribution in [0.2, 0.25) is 15.1 Å². The fourth-order valence-corrected chi connectivity index (χ4v) is 4.42. The van der Waals surface area contributed by atoms with Crippen molar-refractivity contribution in [2.45, 2.75) is 51.7 Å². The van der Waals surface area contributed by atoms with E-state index >= 15 is 0 Å². The average Bonchev–Trinajstić information content (AvgIpc) is 2.78. The number of amides is 2. The van der Waals surface area contributed by atoms with Gasteiger partial charge < -0.3 is 10.2 Å². The zero-order valence-electron chi connectivity index (χ0n) is 20.0. The molecular weight excluding hydrogens is 503 g/mol. The summed E-state index contributed by atoms with van der Waals surface area (Å²) in [6.45, 7) is 5.92. The standard InChI is InChI=1S/C28H29Cl3N2O2/c1-28(2,3)32-27(35)25(15-19-9-5-4-6-10-19)33(18-21-11-7-8-12-23(21)30)26(34)16-20-13-14-22(29)17-24(20)31/h4-14,17,25H,15-16,18H2,1-3H3,(H,32,35)/t25-/m1/s1. The number of carbonyl (C=O) groups excluding carboxylic acids is 2. The summed E-state index contributed by atoms with van der Waals surface area (Å²) < 4.78 is 0. The molecule has 3 aromatic rings. The fraction of sp³-hybridized carbons (Fsp3) is 0.286. The van der Waals surface area contributed by atoms with Crippen LogP contribution in [0.15, 0.2) is 72.8 Å². The maximum atomic E-state index is 13.8. The van der Waals surface area contributed by atoms with Crippen LogP contribution in [-0.4, -0.2) is 28.3 Å². The highest BCUT2D eigenvalue weighted by Gasteiger charge is 2.32. The molecule has 3 rings (SSSR count). The van der Waals surface area contributed by atoms with Crippen LogP contribution in [0.4, 0.5) is 0 Å². The highest BCUT2D eigenvalue weighted by atomic mass is 35.5. The minimum atomic E-state index is -0.758. The van der Waals surface area contributed by atoms with Gasteiger partial charge in [0.15, 0.2) is 0 Å². The number of hydrogen-bond acceptors (Lipinski definition) is 2. The molecule has 0 fully saturated rings. The normalized spacial score (nSPS) is 12.2. The van der Waals surface area contributed by atoms with Crippen molar-refractivity contribution in [1.82, 2.24) is 10.2 Å². The lowest BCUT2D eigenvalue weighted by atomic mass is 10.00. The summed E-state index contributed by atoms with van der Waals surface area (Å²) in [6.07, 6.45) is 0.377. The predicted octanol–water partition coefficient (Wildman–Crippen LogP) is 6.74. The van der Waals surface area contributed by atoms with E-state index in [0.29, 0.717) is 27.1 Å². The third kappa shape index (κ3) is 7.99. The van der Waals surface area contributed by atoms with Crippen LogP contribution in [0.1, 0.15) is 37.5 Å². The van der Waals surface area contributed by atoms with Crippen molar-refractivity contribution in [2.24, 2.45) is 0 Å². The molecule has 0 aromatic heterocycles. The number of halogens is 3. The Kier molecular flexibility index (Phi) is 9.23. The molecule has 0 spiro atoms. The summed E-state index contributed by atoms with van der Waals surface area (Å²) >= 11 is 18.9. The van der Waals surface area contributed by atoms with Gasteiger partial charge in [-0.3, -0.25) is 9.59 Å². The van der Waals surface area contributed by atoms with Gasteiger partial charge in [0.25, 0.3) is 0 Å². The molecule has 1 atom stereocenters. The van der Waals surface area contributed by atoms with Gasteiger partial charge in [-0.2, -0.15) is 0 Å². The smallest absolute Gasteiger partial charge is 0.243 e. The first-order valence-electron chi connectivity index (χ1n) is 11.4. The van der Waals surface area contributed by atoms with E-state index in [0.717, 1.165) is 11.1 Å². The first-order valence-corrected chi connectivity index (χ1v) is 12.5. The molecule has 0 aliphatic heterocycles. The Labute approximate surface area is 222 Å². The highest BCUT2D eigenvalue weighted by molar-refractivity contribution is 6.35. The van der Waals surface area contributed by atoms with Crippen molar-refractivity contribution >= 4 is 46.6 Å². The number of carbonyl (C=O) groups is 2. The first kappa shape index (κ1) is 27.1. The van der Waals surface area contributed by atoms with Gasteiger partial charge >= 0.3 is 0 Å². The van der Waals surface area contributed by atoms with Gasteiger partial charge in [0, 0.05) is 33.6 Å². The fourth-order valence-electron chi connectivity index (χ4n) is 3.75. The SMILES string of the molecule is CC(C)(C)NC(=O)[C@@H](Cc1ccccc1)N(Cc1ccccc1Cl)C(=O)Cc1ccc(Cl)cc1Cl. The number of rotatable bonds is 8. The third-order valence-electron chi connectivity index (χ3n) is 5.42. The largest absolute Gasteiger partial charge is 0.350 e. The number of nitrogens with zero attached hydrogens (tertiary/aromatic N) is 1. The van der Waals surface area contributed by atoms with Crippen molar-refractivity contribution in [3.63, 3.8) is 0 Å². The second kappa shape index (κ2) is 11.9. The Bertz CT molecular complexity index is 1180. The van der Waals surface area contributed by atoms with Gasteiger partial charge in [-0.1, -0.05) is 89.4 Å². The Morgan fingerprint density at radius 1 is 0.857 bits per heavy atom.